The van der Waals surface area contributed by atoms with E-state index in [2.05, 4.69) is 16.5 Å². The van der Waals surface area contributed by atoms with Gasteiger partial charge in [0.1, 0.15) is 0 Å². The van der Waals surface area contributed by atoms with Gasteiger partial charge in [0, 0.05) is 17.8 Å². The molecule has 5 nitrogen and oxygen atoms in total. The zero-order valence-corrected chi connectivity index (χ0v) is 15.0. The van der Waals surface area contributed by atoms with Crippen molar-refractivity contribution >= 4 is 5.91 Å². The highest BCUT2D eigenvalue weighted by atomic mass is 16.3. The summed E-state index contributed by atoms with van der Waals surface area (Å²) in [5, 5.41) is 17.5. The number of aliphatic hydroxyl groups excluding tert-OH is 1. The lowest BCUT2D eigenvalue weighted by Crippen LogP contribution is -2.35. The first-order valence-corrected chi connectivity index (χ1v) is 9.09. The van der Waals surface area contributed by atoms with E-state index in [9.17, 15) is 9.90 Å². The molecule has 0 radical (unpaired) electrons. The molecule has 134 valence electrons. The van der Waals surface area contributed by atoms with Crippen LogP contribution in [-0.2, 0) is 6.54 Å². The molecule has 1 unspecified atom stereocenters. The first-order chi connectivity index (χ1) is 12.0. The van der Waals surface area contributed by atoms with Crippen molar-refractivity contribution in [1.82, 2.24) is 15.1 Å². The maximum Gasteiger partial charge on any atom is 0.251 e. The van der Waals surface area contributed by atoms with E-state index >= 15 is 0 Å². The number of benzene rings is 1. The monoisotopic (exact) mass is 341 g/mol. The predicted molar refractivity (Wildman–Crippen MR) is 97.5 cm³/mol. The minimum Gasteiger partial charge on any atom is -0.391 e. The Morgan fingerprint density at radius 3 is 2.56 bits per heavy atom. The van der Waals surface area contributed by atoms with Crippen LogP contribution in [0.4, 0.5) is 0 Å². The van der Waals surface area contributed by atoms with E-state index in [-0.39, 0.29) is 5.91 Å². The number of hydrogen-bond acceptors (Lipinski definition) is 3. The van der Waals surface area contributed by atoms with Gasteiger partial charge in [0.15, 0.2) is 0 Å². The van der Waals surface area contributed by atoms with Gasteiger partial charge in [0.2, 0.25) is 0 Å². The molecule has 2 aromatic rings. The minimum absolute atomic E-state index is 0.130. The number of hydrogen-bond donors (Lipinski definition) is 2. The maximum atomic E-state index is 12.3. The lowest BCUT2D eigenvalue weighted by atomic mass is 10.0. The summed E-state index contributed by atoms with van der Waals surface area (Å²) in [5.41, 5.74) is 3.86. The standard InChI is InChI=1S/C20H27N3O2/c1-14-11-15(2)23(22-14)13-16-7-9-18(10-8-16)20(25)21-12-19(24)17-5-3-4-6-17/h7-11,17,19,24H,3-6,12-13H2,1-2H3,(H,21,25). The third-order valence-corrected chi connectivity index (χ3v) is 5.07. The second kappa shape index (κ2) is 7.83. The van der Waals surface area contributed by atoms with E-state index in [1.807, 2.05) is 42.8 Å². The first-order valence-electron chi connectivity index (χ1n) is 9.09. The molecule has 1 aliphatic carbocycles. The molecule has 25 heavy (non-hydrogen) atoms. The van der Waals surface area contributed by atoms with Crippen LogP contribution in [0.5, 0.6) is 0 Å². The summed E-state index contributed by atoms with van der Waals surface area (Å²) in [7, 11) is 0. The summed E-state index contributed by atoms with van der Waals surface area (Å²) < 4.78 is 1.96. The summed E-state index contributed by atoms with van der Waals surface area (Å²) in [6.45, 7) is 5.05. The van der Waals surface area contributed by atoms with Crippen LogP contribution in [0.25, 0.3) is 0 Å². The van der Waals surface area contributed by atoms with E-state index in [1.165, 1.54) is 12.8 Å². The Balaban J connectivity index is 1.54. The van der Waals surface area contributed by atoms with Crippen LogP contribution < -0.4 is 5.32 Å². The Morgan fingerprint density at radius 2 is 1.96 bits per heavy atom. The molecule has 0 spiro atoms. The molecule has 1 aromatic heterocycles. The summed E-state index contributed by atoms with van der Waals surface area (Å²) in [6.07, 6.45) is 4.08. The summed E-state index contributed by atoms with van der Waals surface area (Å²) >= 11 is 0. The Morgan fingerprint density at radius 1 is 1.28 bits per heavy atom. The topological polar surface area (TPSA) is 67.2 Å². The number of carbonyl (C=O) groups excluding carboxylic acids is 1. The Bertz CT molecular complexity index is 715. The van der Waals surface area contributed by atoms with Crippen LogP contribution in [0.2, 0.25) is 0 Å². The molecule has 0 saturated heterocycles. The third kappa shape index (κ3) is 4.48. The van der Waals surface area contributed by atoms with E-state index < -0.39 is 6.10 Å². The molecular formula is C20H27N3O2. The normalized spacial score (nSPS) is 16.1. The molecule has 5 heteroatoms. The molecule has 1 atom stereocenters. The van der Waals surface area contributed by atoms with Gasteiger partial charge >= 0.3 is 0 Å². The molecule has 1 heterocycles. The van der Waals surface area contributed by atoms with Crippen molar-refractivity contribution in [3.8, 4) is 0 Å². The van der Waals surface area contributed by atoms with E-state index in [0.29, 0.717) is 24.6 Å². The van der Waals surface area contributed by atoms with Crippen LogP contribution in [-0.4, -0.2) is 33.4 Å². The van der Waals surface area contributed by atoms with Gasteiger partial charge in [-0.1, -0.05) is 25.0 Å². The first kappa shape index (κ1) is 17.7. The summed E-state index contributed by atoms with van der Waals surface area (Å²) in [5.74, 6) is 0.207. The van der Waals surface area contributed by atoms with Crippen molar-refractivity contribution in [2.24, 2.45) is 5.92 Å². The lowest BCUT2D eigenvalue weighted by Gasteiger charge is -2.18. The zero-order chi connectivity index (χ0) is 17.8. The molecule has 1 saturated carbocycles. The van der Waals surface area contributed by atoms with Gasteiger partial charge in [0.05, 0.1) is 18.3 Å². The van der Waals surface area contributed by atoms with Crippen LogP contribution in [0.1, 0.15) is 53.0 Å². The van der Waals surface area contributed by atoms with Gasteiger partial charge in [-0.3, -0.25) is 9.48 Å². The van der Waals surface area contributed by atoms with Gasteiger partial charge in [0.25, 0.3) is 5.91 Å². The van der Waals surface area contributed by atoms with E-state index in [1.54, 1.807) is 0 Å². The number of nitrogens with one attached hydrogen (secondary N) is 1. The molecule has 2 N–H and O–H groups in total. The molecular weight excluding hydrogens is 314 g/mol. The Labute approximate surface area is 149 Å². The zero-order valence-electron chi connectivity index (χ0n) is 15.0. The van der Waals surface area contributed by atoms with Gasteiger partial charge < -0.3 is 10.4 Å². The van der Waals surface area contributed by atoms with Crippen molar-refractivity contribution in [3.05, 3.63) is 52.8 Å². The molecule has 1 aliphatic rings. The van der Waals surface area contributed by atoms with Crippen LogP contribution in [0.3, 0.4) is 0 Å². The largest absolute Gasteiger partial charge is 0.391 e. The molecule has 1 amide bonds. The molecule has 1 fully saturated rings. The minimum atomic E-state index is -0.434. The molecule has 1 aromatic carbocycles. The number of carbonyl (C=O) groups is 1. The van der Waals surface area contributed by atoms with Crippen molar-refractivity contribution < 1.29 is 9.90 Å². The van der Waals surface area contributed by atoms with Crippen molar-refractivity contribution in [2.45, 2.75) is 52.2 Å². The van der Waals surface area contributed by atoms with Gasteiger partial charge in [-0.15, -0.1) is 0 Å². The number of aromatic nitrogens is 2. The average molecular weight is 341 g/mol. The number of rotatable bonds is 6. The smallest absolute Gasteiger partial charge is 0.251 e. The van der Waals surface area contributed by atoms with E-state index in [0.717, 1.165) is 29.8 Å². The van der Waals surface area contributed by atoms with Crippen molar-refractivity contribution in [3.63, 3.8) is 0 Å². The Hall–Kier alpha value is -2.14. The lowest BCUT2D eigenvalue weighted by molar-refractivity contribution is 0.0840. The quantitative estimate of drug-likeness (QED) is 0.849. The van der Waals surface area contributed by atoms with Crippen molar-refractivity contribution in [1.29, 1.82) is 0 Å². The SMILES string of the molecule is Cc1cc(C)n(Cc2ccc(C(=O)NCC(O)C3CCCC3)cc2)n1. The van der Waals surface area contributed by atoms with Crippen LogP contribution >= 0.6 is 0 Å². The number of aliphatic hydroxyl groups is 1. The van der Waals surface area contributed by atoms with E-state index in [4.69, 9.17) is 0 Å². The number of amides is 1. The maximum absolute atomic E-state index is 12.3. The van der Waals surface area contributed by atoms with Gasteiger partial charge in [-0.05, 0) is 56.4 Å². The molecule has 0 bridgehead atoms. The number of aryl methyl sites for hydroxylation is 2. The summed E-state index contributed by atoms with van der Waals surface area (Å²) in [4.78, 5) is 12.3. The predicted octanol–water partition coefficient (Wildman–Crippen LogP) is 2.83. The third-order valence-electron chi connectivity index (χ3n) is 5.07. The second-order valence-electron chi connectivity index (χ2n) is 7.10. The fourth-order valence-electron chi connectivity index (χ4n) is 3.58. The average Bonchev–Trinajstić information content (AvgIpc) is 3.23. The summed E-state index contributed by atoms with van der Waals surface area (Å²) in [6, 6.07) is 9.63. The highest BCUT2D eigenvalue weighted by Crippen LogP contribution is 2.27. The van der Waals surface area contributed by atoms with Crippen LogP contribution in [0, 0.1) is 19.8 Å². The molecule has 0 aliphatic heterocycles. The van der Waals surface area contributed by atoms with Gasteiger partial charge in [-0.2, -0.15) is 5.10 Å². The van der Waals surface area contributed by atoms with Gasteiger partial charge in [-0.25, -0.2) is 0 Å². The Kier molecular flexibility index (Phi) is 5.53. The van der Waals surface area contributed by atoms with Crippen LogP contribution in [0.15, 0.2) is 30.3 Å². The fraction of sp³-hybridized carbons (Fsp3) is 0.500. The highest BCUT2D eigenvalue weighted by molar-refractivity contribution is 5.94. The second-order valence-corrected chi connectivity index (χ2v) is 7.10. The van der Waals surface area contributed by atoms with Crippen molar-refractivity contribution in [2.75, 3.05) is 6.54 Å². The highest BCUT2D eigenvalue weighted by Gasteiger charge is 2.23. The molecule has 3 rings (SSSR count). The number of nitrogens with zero attached hydrogens (tertiary/aromatic N) is 2. The fourth-order valence-corrected chi connectivity index (χ4v) is 3.58.